The summed E-state index contributed by atoms with van der Waals surface area (Å²) in [6.07, 6.45) is 1.31. The van der Waals surface area contributed by atoms with Crippen LogP contribution in [0.4, 0.5) is 0 Å². The fourth-order valence-electron chi connectivity index (χ4n) is 0.890. The van der Waals surface area contributed by atoms with Crippen LogP contribution in [0.5, 0.6) is 0 Å². The minimum atomic E-state index is 0. The number of rotatable bonds is 3. The van der Waals surface area contributed by atoms with Gasteiger partial charge in [0, 0.05) is 12.1 Å². The molecule has 0 radical (unpaired) electrons. The largest absolute Gasteiger partial charge is 5.00 e. The molecule has 0 aliphatic carbocycles. The molecule has 0 bridgehead atoms. The van der Waals surface area contributed by atoms with Gasteiger partial charge in [-0.2, -0.15) is 0 Å². The Labute approximate surface area is 92.8 Å². The summed E-state index contributed by atoms with van der Waals surface area (Å²) < 4.78 is 0. The van der Waals surface area contributed by atoms with Crippen molar-refractivity contribution in [2.45, 2.75) is 6.92 Å². The predicted octanol–water partition coefficient (Wildman–Crippen LogP) is 1.35. The first-order chi connectivity index (χ1) is 5.70. The van der Waals surface area contributed by atoms with Crippen molar-refractivity contribution in [3.05, 3.63) is 42.3 Å². The molecule has 60 valence electrons. The molecule has 13 heavy (non-hydrogen) atoms. The number of hydrogen-bond acceptors (Lipinski definition) is 0. The minimum Gasteiger partial charge on any atom is -0.259 e. The Bertz CT molecular complexity index is 293. The predicted molar refractivity (Wildman–Crippen MR) is 49.4 cm³/mol. The summed E-state index contributed by atoms with van der Waals surface area (Å²) in [6, 6.07) is 9.06. The molecule has 0 aliphatic rings. The van der Waals surface area contributed by atoms with Gasteiger partial charge in [0.2, 0.25) is 5.56 Å². The van der Waals surface area contributed by atoms with E-state index >= 15 is 0 Å². The third kappa shape index (κ3) is 4.08. The molecule has 0 spiro atoms. The Kier molecular flexibility index (Phi) is 5.39. The summed E-state index contributed by atoms with van der Waals surface area (Å²) in [5, 5.41) is 0. The molecular formula is C10H11NbO2+8. The summed E-state index contributed by atoms with van der Waals surface area (Å²) in [4.78, 5) is 18.2. The second-order valence-electron chi connectivity index (χ2n) is 2.54. The fourth-order valence-corrected chi connectivity index (χ4v) is 0.890. The third-order valence-corrected chi connectivity index (χ3v) is 1.42. The summed E-state index contributed by atoms with van der Waals surface area (Å²) >= 11 is 0. The molecule has 0 aliphatic heterocycles. The third-order valence-electron chi connectivity index (χ3n) is 1.42. The van der Waals surface area contributed by atoms with Gasteiger partial charge in [-0.3, -0.25) is 4.79 Å². The average Bonchev–Trinajstić information content (AvgIpc) is 2.05. The normalized spacial score (nSPS) is 8.38. The molecule has 0 heterocycles. The van der Waals surface area contributed by atoms with E-state index < -0.39 is 0 Å². The van der Waals surface area contributed by atoms with E-state index in [1.807, 2.05) is 18.2 Å². The minimum absolute atomic E-state index is 0. The summed E-state index contributed by atoms with van der Waals surface area (Å²) in [7, 11) is 0. The number of ketones is 2. The van der Waals surface area contributed by atoms with Crippen molar-refractivity contribution in [3.8, 4) is 0 Å². The van der Waals surface area contributed by atoms with Crippen molar-refractivity contribution in [1.29, 1.82) is 0 Å². The standard InChI is InChI=1S/C10H9O2.Nb/c1-8(11)7-10(12)9-5-3-2-4-6-9;/h2-7H,1H3;/q+1;+5/p+2. The zero-order valence-corrected chi connectivity index (χ0v) is 9.50. The van der Waals surface area contributed by atoms with Crippen molar-refractivity contribution in [2.24, 2.45) is 0 Å². The van der Waals surface area contributed by atoms with Crippen LogP contribution in [-0.2, 0) is 22.4 Å². The molecule has 0 unspecified atom stereocenters. The fraction of sp³-hybridized carbons (Fsp3) is 0.100. The first kappa shape index (κ1) is 12.2. The zero-order chi connectivity index (χ0) is 8.97. The van der Waals surface area contributed by atoms with Crippen LogP contribution in [0.1, 0.15) is 12.5 Å². The molecule has 1 aromatic carbocycles. The first-order valence-electron chi connectivity index (χ1n) is 3.69. The molecule has 0 atom stereocenters. The maximum atomic E-state index is 9.37. The van der Waals surface area contributed by atoms with E-state index in [1.54, 1.807) is 12.1 Å². The zero-order valence-electron chi connectivity index (χ0n) is 7.31. The number of benzene rings is 1. The van der Waals surface area contributed by atoms with Gasteiger partial charge in [-0.1, -0.05) is 6.07 Å². The topological polar surface area (TPSA) is 42.8 Å². The molecule has 1 rings (SSSR count). The second-order valence-corrected chi connectivity index (χ2v) is 2.54. The Hall–Kier alpha value is -0.830. The van der Waals surface area contributed by atoms with E-state index in [-0.39, 0.29) is 33.9 Å². The molecule has 2 nitrogen and oxygen atoms in total. The van der Waals surface area contributed by atoms with E-state index in [4.69, 9.17) is 4.79 Å². The average molecular weight is 256 g/mol. The molecule has 0 saturated heterocycles. The van der Waals surface area contributed by atoms with Gasteiger partial charge in [-0.25, -0.2) is 4.79 Å². The van der Waals surface area contributed by atoms with Gasteiger partial charge in [-0.15, -0.1) is 0 Å². The van der Waals surface area contributed by atoms with Gasteiger partial charge in [0.25, 0.3) is 6.42 Å². The summed E-state index contributed by atoms with van der Waals surface area (Å²) in [5.74, 6) is 0.173. The van der Waals surface area contributed by atoms with Gasteiger partial charge in [-0.05, 0) is 12.1 Å². The Morgan fingerprint density at radius 3 is 2.15 bits per heavy atom. The van der Waals surface area contributed by atoms with Gasteiger partial charge < -0.3 is 0 Å². The van der Waals surface area contributed by atoms with Crippen LogP contribution in [0, 0.1) is 6.42 Å². The second kappa shape index (κ2) is 5.75. The van der Waals surface area contributed by atoms with Crippen LogP contribution in [0.3, 0.4) is 0 Å². The number of hydrogen-bond donors (Lipinski definition) is 0. The van der Waals surface area contributed by atoms with Crippen molar-refractivity contribution >= 4 is 11.6 Å². The van der Waals surface area contributed by atoms with Crippen molar-refractivity contribution in [3.63, 3.8) is 0 Å². The van der Waals surface area contributed by atoms with Crippen LogP contribution in [0.25, 0.3) is 0 Å². The van der Waals surface area contributed by atoms with Crippen LogP contribution in [0.2, 0.25) is 0 Å². The Morgan fingerprint density at radius 2 is 1.69 bits per heavy atom. The first-order valence-corrected chi connectivity index (χ1v) is 3.69. The Balaban J connectivity index is 0.00000144. The molecule has 0 aromatic heterocycles. The van der Waals surface area contributed by atoms with Crippen molar-refractivity contribution in [2.75, 3.05) is 0 Å². The monoisotopic (exact) mass is 256 g/mol. The smallest absolute Gasteiger partial charge is 0.259 e. The van der Waals surface area contributed by atoms with Crippen molar-refractivity contribution < 1.29 is 32.0 Å². The van der Waals surface area contributed by atoms with Crippen LogP contribution < -0.4 is 0 Å². The van der Waals surface area contributed by atoms with E-state index in [9.17, 15) is 4.79 Å². The molecular weight excluding hydrogens is 245 g/mol. The van der Waals surface area contributed by atoms with E-state index in [0.717, 1.165) is 0 Å². The summed E-state index contributed by atoms with van der Waals surface area (Å²) in [5.41, 5.74) is 0.700. The summed E-state index contributed by atoms with van der Waals surface area (Å²) in [6.45, 7) is 1.51. The van der Waals surface area contributed by atoms with Crippen LogP contribution in [-0.4, -0.2) is 21.2 Å². The maximum Gasteiger partial charge on any atom is 5.00 e. The van der Waals surface area contributed by atoms with E-state index in [1.165, 1.54) is 13.3 Å². The molecule has 3 heteroatoms. The molecule has 1 aromatic rings. The Morgan fingerprint density at radius 1 is 1.15 bits per heavy atom. The van der Waals surface area contributed by atoms with Gasteiger partial charge in [0.15, 0.2) is 0 Å². The van der Waals surface area contributed by atoms with Gasteiger partial charge >= 0.3 is 33.9 Å². The molecule has 0 amide bonds. The van der Waals surface area contributed by atoms with Crippen molar-refractivity contribution in [1.82, 2.24) is 0 Å². The quantitative estimate of drug-likeness (QED) is 0.257. The van der Waals surface area contributed by atoms with Gasteiger partial charge in [0.05, 0.1) is 6.92 Å². The van der Waals surface area contributed by atoms with Crippen LogP contribution in [0.15, 0.2) is 30.3 Å². The van der Waals surface area contributed by atoms with Crippen LogP contribution >= 0.6 is 0 Å². The number of carbonyl (C=O) groups excluding carboxylic acids is 2. The van der Waals surface area contributed by atoms with E-state index in [0.29, 0.717) is 5.56 Å². The van der Waals surface area contributed by atoms with E-state index in [2.05, 4.69) is 0 Å². The molecule has 2 N–H and O–H groups in total. The maximum absolute atomic E-state index is 9.37. The molecule has 0 saturated carbocycles. The van der Waals surface area contributed by atoms with Gasteiger partial charge in [0.1, 0.15) is 0 Å². The molecule has 0 fully saturated rings. The SMILES string of the molecule is CC(=[OH+])[CH+]C(=[OH+])c1ccccc1.[Nb+5].